The highest BCUT2D eigenvalue weighted by Gasteiger charge is 2.32. The number of rotatable bonds is 4. The smallest absolute Gasteiger partial charge is 0.356 e. The number of amides is 1. The summed E-state index contributed by atoms with van der Waals surface area (Å²) in [5, 5.41) is 3.12. The van der Waals surface area contributed by atoms with E-state index in [1.54, 1.807) is 0 Å². The number of anilines is 1. The standard InChI is InChI=1S/C18H23BrF3N3O/c19-15-10-13(18(20,21)22)11-23-17(15)25-7-5-12(6-8-25)9-16(26)24-14-3-1-2-4-14/h10-12,14H,1-9H2,(H,24,26). The number of aromatic nitrogens is 1. The number of halogens is 4. The molecule has 26 heavy (non-hydrogen) atoms. The van der Waals surface area contributed by atoms with Gasteiger partial charge in [-0.2, -0.15) is 13.2 Å². The topological polar surface area (TPSA) is 45.2 Å². The fraction of sp³-hybridized carbons (Fsp3) is 0.667. The van der Waals surface area contributed by atoms with Crippen molar-refractivity contribution in [2.75, 3.05) is 18.0 Å². The van der Waals surface area contributed by atoms with Crippen molar-refractivity contribution >= 4 is 27.7 Å². The van der Waals surface area contributed by atoms with Gasteiger partial charge in [-0.25, -0.2) is 4.98 Å². The van der Waals surface area contributed by atoms with Crippen molar-refractivity contribution in [1.82, 2.24) is 10.3 Å². The molecule has 1 saturated carbocycles. The van der Waals surface area contributed by atoms with Gasteiger partial charge in [0.15, 0.2) is 0 Å². The van der Waals surface area contributed by atoms with E-state index in [2.05, 4.69) is 26.2 Å². The summed E-state index contributed by atoms with van der Waals surface area (Å²) in [6.45, 7) is 1.39. The molecule has 8 heteroatoms. The molecular formula is C18H23BrF3N3O. The summed E-state index contributed by atoms with van der Waals surface area (Å²) in [6, 6.07) is 1.42. The maximum Gasteiger partial charge on any atom is 0.417 e. The third-order valence-corrected chi connectivity index (χ3v) is 5.84. The first-order valence-electron chi connectivity index (χ1n) is 9.10. The van der Waals surface area contributed by atoms with Crippen LogP contribution in [0.15, 0.2) is 16.7 Å². The Balaban J connectivity index is 1.51. The fourth-order valence-electron chi connectivity index (χ4n) is 3.79. The van der Waals surface area contributed by atoms with Gasteiger partial charge in [0, 0.05) is 31.7 Å². The molecule has 144 valence electrons. The van der Waals surface area contributed by atoms with Crippen molar-refractivity contribution < 1.29 is 18.0 Å². The van der Waals surface area contributed by atoms with Gasteiger partial charge in [-0.15, -0.1) is 0 Å². The molecule has 1 amide bonds. The van der Waals surface area contributed by atoms with E-state index in [0.717, 1.165) is 37.9 Å². The molecule has 1 aliphatic heterocycles. The number of hydrogen-bond acceptors (Lipinski definition) is 3. The van der Waals surface area contributed by atoms with Crippen molar-refractivity contribution in [1.29, 1.82) is 0 Å². The minimum absolute atomic E-state index is 0.129. The Hall–Kier alpha value is -1.31. The zero-order chi connectivity index (χ0) is 18.7. The Morgan fingerprint density at radius 1 is 1.23 bits per heavy atom. The SMILES string of the molecule is O=C(CC1CCN(c2ncc(C(F)(F)F)cc2Br)CC1)NC1CCCC1. The lowest BCUT2D eigenvalue weighted by Crippen LogP contribution is -2.38. The largest absolute Gasteiger partial charge is 0.417 e. The number of pyridine rings is 1. The van der Waals surface area contributed by atoms with Crippen LogP contribution in [0.25, 0.3) is 0 Å². The van der Waals surface area contributed by atoms with Crippen molar-refractivity contribution in [2.45, 2.75) is 57.2 Å². The van der Waals surface area contributed by atoms with Crippen molar-refractivity contribution in [3.63, 3.8) is 0 Å². The van der Waals surface area contributed by atoms with E-state index in [0.29, 0.717) is 41.8 Å². The summed E-state index contributed by atoms with van der Waals surface area (Å²) in [6.07, 6.45) is 3.24. The maximum absolute atomic E-state index is 12.7. The van der Waals surface area contributed by atoms with Gasteiger partial charge in [-0.3, -0.25) is 4.79 Å². The average Bonchev–Trinajstić information content (AvgIpc) is 3.07. The highest BCUT2D eigenvalue weighted by molar-refractivity contribution is 9.10. The second-order valence-corrected chi connectivity index (χ2v) is 8.06. The highest BCUT2D eigenvalue weighted by Crippen LogP contribution is 2.35. The van der Waals surface area contributed by atoms with Crippen LogP contribution < -0.4 is 10.2 Å². The van der Waals surface area contributed by atoms with Gasteiger partial charge in [0.05, 0.1) is 10.0 Å². The lowest BCUT2D eigenvalue weighted by atomic mass is 9.93. The first-order chi connectivity index (χ1) is 12.3. The zero-order valence-corrected chi connectivity index (χ0v) is 16.1. The number of nitrogens with zero attached hydrogens (tertiary/aromatic N) is 2. The predicted molar refractivity (Wildman–Crippen MR) is 96.9 cm³/mol. The third kappa shape index (κ3) is 4.90. The van der Waals surface area contributed by atoms with Crippen LogP contribution in [0.1, 0.15) is 50.5 Å². The molecule has 0 bridgehead atoms. The normalized spacial score (nSPS) is 19.8. The van der Waals surface area contributed by atoms with Crippen molar-refractivity contribution in [3.05, 3.63) is 22.3 Å². The summed E-state index contributed by atoms with van der Waals surface area (Å²) in [4.78, 5) is 18.1. The summed E-state index contributed by atoms with van der Waals surface area (Å²) < 4.78 is 38.6. The van der Waals surface area contributed by atoms with E-state index in [1.807, 2.05) is 4.90 Å². The van der Waals surface area contributed by atoms with Crippen LogP contribution in [0.5, 0.6) is 0 Å². The second-order valence-electron chi connectivity index (χ2n) is 7.21. The molecule has 0 spiro atoms. The molecule has 3 rings (SSSR count). The Kier molecular flexibility index (Phi) is 6.10. The van der Waals surface area contributed by atoms with E-state index in [-0.39, 0.29) is 5.91 Å². The number of alkyl halides is 3. The number of carbonyl (C=O) groups is 1. The molecule has 0 radical (unpaired) electrons. The Bertz CT molecular complexity index is 639. The average molecular weight is 434 g/mol. The number of piperidine rings is 1. The van der Waals surface area contributed by atoms with E-state index in [9.17, 15) is 18.0 Å². The predicted octanol–water partition coefficient (Wildman–Crippen LogP) is 4.53. The molecule has 4 nitrogen and oxygen atoms in total. The van der Waals surface area contributed by atoms with Gasteiger partial charge in [-0.1, -0.05) is 12.8 Å². The number of nitrogens with one attached hydrogen (secondary N) is 1. The maximum atomic E-state index is 12.7. The van der Waals surface area contributed by atoms with Crippen LogP contribution in [0.2, 0.25) is 0 Å². The van der Waals surface area contributed by atoms with Gasteiger partial charge >= 0.3 is 6.18 Å². The monoisotopic (exact) mass is 433 g/mol. The fourth-order valence-corrected chi connectivity index (χ4v) is 4.39. The molecule has 1 aromatic heterocycles. The molecule has 0 unspecified atom stereocenters. The molecule has 1 aromatic rings. The first kappa shape index (κ1) is 19.5. The zero-order valence-electron chi connectivity index (χ0n) is 14.5. The summed E-state index contributed by atoms with van der Waals surface area (Å²) in [7, 11) is 0. The molecule has 0 atom stereocenters. The van der Waals surface area contributed by atoms with E-state index < -0.39 is 11.7 Å². The molecule has 1 saturated heterocycles. The molecule has 1 N–H and O–H groups in total. The van der Waals surface area contributed by atoms with Crippen LogP contribution >= 0.6 is 15.9 Å². The van der Waals surface area contributed by atoms with Crippen LogP contribution in [0.3, 0.4) is 0 Å². The summed E-state index contributed by atoms with van der Waals surface area (Å²) in [5.41, 5.74) is -0.758. The Labute approximate surface area is 159 Å². The molecule has 0 aromatic carbocycles. The quantitative estimate of drug-likeness (QED) is 0.758. The molecular weight excluding hydrogens is 411 g/mol. The van der Waals surface area contributed by atoms with Crippen molar-refractivity contribution in [3.8, 4) is 0 Å². The van der Waals surface area contributed by atoms with Gasteiger partial charge in [-0.05, 0) is 53.6 Å². The molecule has 2 aliphatic rings. The van der Waals surface area contributed by atoms with Gasteiger partial charge in [0.1, 0.15) is 5.82 Å². The van der Waals surface area contributed by atoms with Gasteiger partial charge in [0.2, 0.25) is 5.91 Å². The Morgan fingerprint density at radius 3 is 2.46 bits per heavy atom. The van der Waals surface area contributed by atoms with Crippen LogP contribution in [-0.2, 0) is 11.0 Å². The Morgan fingerprint density at radius 2 is 1.88 bits per heavy atom. The van der Waals surface area contributed by atoms with Crippen molar-refractivity contribution in [2.24, 2.45) is 5.92 Å². The lowest BCUT2D eigenvalue weighted by Gasteiger charge is -2.33. The molecule has 1 aliphatic carbocycles. The van der Waals surface area contributed by atoms with Crippen LogP contribution in [0, 0.1) is 5.92 Å². The lowest BCUT2D eigenvalue weighted by molar-refractivity contribution is -0.137. The first-order valence-corrected chi connectivity index (χ1v) is 9.89. The molecule has 2 heterocycles. The van der Waals surface area contributed by atoms with Gasteiger partial charge < -0.3 is 10.2 Å². The summed E-state index contributed by atoms with van der Waals surface area (Å²) in [5.74, 6) is 0.983. The van der Waals surface area contributed by atoms with E-state index in [4.69, 9.17) is 0 Å². The summed E-state index contributed by atoms with van der Waals surface area (Å²) >= 11 is 3.21. The van der Waals surface area contributed by atoms with Gasteiger partial charge in [0.25, 0.3) is 0 Å². The number of hydrogen-bond donors (Lipinski definition) is 1. The van der Waals surface area contributed by atoms with Crippen LogP contribution in [-0.4, -0.2) is 30.0 Å². The highest BCUT2D eigenvalue weighted by atomic mass is 79.9. The van der Waals surface area contributed by atoms with E-state index in [1.165, 1.54) is 12.8 Å². The van der Waals surface area contributed by atoms with E-state index >= 15 is 0 Å². The minimum atomic E-state index is -4.40. The second kappa shape index (κ2) is 8.15. The van der Waals surface area contributed by atoms with Crippen LogP contribution in [0.4, 0.5) is 19.0 Å². The minimum Gasteiger partial charge on any atom is -0.356 e. The third-order valence-electron chi connectivity index (χ3n) is 5.26. The number of carbonyl (C=O) groups excluding carboxylic acids is 1. The molecule has 2 fully saturated rings.